The maximum Gasteiger partial charge on any atom is 0.338 e. The first-order valence-corrected chi connectivity index (χ1v) is 4.88. The van der Waals surface area contributed by atoms with Crippen LogP contribution in [0.4, 0.5) is 8.78 Å². The van der Waals surface area contributed by atoms with Crippen molar-refractivity contribution >= 4 is 16.9 Å². The van der Waals surface area contributed by atoms with E-state index in [-0.39, 0.29) is 11.1 Å². The molecule has 2 aromatic rings. The first-order chi connectivity index (χ1) is 8.13. The number of esters is 1. The third kappa shape index (κ3) is 2.08. The van der Waals surface area contributed by atoms with Gasteiger partial charge in [-0.3, -0.25) is 4.98 Å². The van der Waals surface area contributed by atoms with Crippen molar-refractivity contribution in [2.75, 3.05) is 7.11 Å². The normalized spacial score (nSPS) is 10.8. The second-order valence-electron chi connectivity index (χ2n) is 3.43. The van der Waals surface area contributed by atoms with E-state index in [1.807, 2.05) is 0 Å². The molecule has 88 valence electrons. The molecule has 0 fully saturated rings. The second kappa shape index (κ2) is 4.45. The number of aromatic nitrogens is 1. The molecule has 0 saturated heterocycles. The first kappa shape index (κ1) is 11.4. The molecule has 1 heterocycles. The van der Waals surface area contributed by atoms with Crippen LogP contribution >= 0.6 is 0 Å². The minimum atomic E-state index is -2.58. The quantitative estimate of drug-likeness (QED) is 0.754. The average molecular weight is 237 g/mol. The Morgan fingerprint density at radius 1 is 1.35 bits per heavy atom. The van der Waals surface area contributed by atoms with E-state index in [0.717, 1.165) is 0 Å². The van der Waals surface area contributed by atoms with Gasteiger partial charge in [-0.25, -0.2) is 13.6 Å². The highest BCUT2D eigenvalue weighted by molar-refractivity contribution is 6.03. The van der Waals surface area contributed by atoms with Crippen LogP contribution in [-0.2, 0) is 4.74 Å². The van der Waals surface area contributed by atoms with E-state index < -0.39 is 12.4 Å². The van der Waals surface area contributed by atoms with E-state index in [2.05, 4.69) is 9.72 Å². The number of carbonyl (C=O) groups is 1. The lowest BCUT2D eigenvalue weighted by atomic mass is 10.1. The third-order valence-electron chi connectivity index (χ3n) is 2.42. The van der Waals surface area contributed by atoms with Gasteiger partial charge in [0.2, 0.25) is 0 Å². The van der Waals surface area contributed by atoms with Crippen LogP contribution in [-0.4, -0.2) is 18.1 Å². The number of benzene rings is 1. The molecule has 17 heavy (non-hydrogen) atoms. The van der Waals surface area contributed by atoms with Gasteiger partial charge in [0, 0.05) is 17.1 Å². The summed E-state index contributed by atoms with van der Waals surface area (Å²) in [6.07, 6.45) is -1.14. The minimum absolute atomic E-state index is 0.143. The van der Waals surface area contributed by atoms with Crippen molar-refractivity contribution in [1.82, 2.24) is 4.98 Å². The molecule has 0 amide bonds. The number of carbonyl (C=O) groups excluding carboxylic acids is 1. The van der Waals surface area contributed by atoms with E-state index in [1.165, 1.54) is 37.6 Å². The topological polar surface area (TPSA) is 39.2 Å². The number of hydrogen-bond donors (Lipinski definition) is 0. The Morgan fingerprint density at radius 3 is 2.76 bits per heavy atom. The van der Waals surface area contributed by atoms with Gasteiger partial charge in [-0.15, -0.1) is 0 Å². The molecule has 0 N–H and O–H groups in total. The summed E-state index contributed by atoms with van der Waals surface area (Å²) in [4.78, 5) is 15.5. The maximum absolute atomic E-state index is 12.6. The fourth-order valence-electron chi connectivity index (χ4n) is 1.59. The van der Waals surface area contributed by atoms with Gasteiger partial charge in [-0.05, 0) is 18.2 Å². The van der Waals surface area contributed by atoms with Crippen molar-refractivity contribution in [2.45, 2.75) is 6.43 Å². The van der Waals surface area contributed by atoms with Gasteiger partial charge in [0.05, 0.1) is 18.2 Å². The number of fused-ring (bicyclic) bond motifs is 1. The smallest absolute Gasteiger partial charge is 0.338 e. The zero-order valence-electron chi connectivity index (χ0n) is 8.98. The Hall–Kier alpha value is -2.04. The van der Waals surface area contributed by atoms with E-state index in [0.29, 0.717) is 10.9 Å². The van der Waals surface area contributed by atoms with Crippen LogP contribution in [0, 0.1) is 0 Å². The predicted octanol–water partition coefficient (Wildman–Crippen LogP) is 2.96. The molecule has 1 aromatic carbocycles. The average Bonchev–Trinajstić information content (AvgIpc) is 2.36. The van der Waals surface area contributed by atoms with Crippen LogP contribution < -0.4 is 0 Å². The van der Waals surface area contributed by atoms with Gasteiger partial charge in [0.1, 0.15) is 0 Å². The van der Waals surface area contributed by atoms with Crippen LogP contribution in [0.1, 0.15) is 22.3 Å². The Labute approximate surface area is 96.0 Å². The Bertz CT molecular complexity index is 569. The van der Waals surface area contributed by atoms with Gasteiger partial charge in [-0.2, -0.15) is 0 Å². The summed E-state index contributed by atoms with van der Waals surface area (Å²) in [6.45, 7) is 0. The predicted molar refractivity (Wildman–Crippen MR) is 58.0 cm³/mol. The van der Waals surface area contributed by atoms with Gasteiger partial charge in [0.25, 0.3) is 6.43 Å². The summed E-state index contributed by atoms with van der Waals surface area (Å²) in [5, 5.41) is 0.372. The van der Waals surface area contributed by atoms with E-state index in [4.69, 9.17) is 0 Å². The lowest BCUT2D eigenvalue weighted by Crippen LogP contribution is -2.02. The molecular formula is C12H9F2NO2. The summed E-state index contributed by atoms with van der Waals surface area (Å²) < 4.78 is 29.7. The second-order valence-corrected chi connectivity index (χ2v) is 3.43. The Kier molecular flexibility index (Phi) is 2.99. The highest BCUT2D eigenvalue weighted by Crippen LogP contribution is 2.25. The van der Waals surface area contributed by atoms with Gasteiger partial charge in [0.15, 0.2) is 0 Å². The molecule has 3 nitrogen and oxygen atoms in total. The number of nitrogens with zero attached hydrogens (tertiary/aromatic N) is 1. The van der Waals surface area contributed by atoms with Gasteiger partial charge >= 0.3 is 5.97 Å². The van der Waals surface area contributed by atoms with Crippen molar-refractivity contribution < 1.29 is 18.3 Å². The summed E-state index contributed by atoms with van der Waals surface area (Å²) in [6, 6.07) is 5.47. The lowest BCUT2D eigenvalue weighted by molar-refractivity contribution is 0.0603. The number of rotatable bonds is 2. The Morgan fingerprint density at radius 2 is 2.12 bits per heavy atom. The van der Waals surface area contributed by atoms with Crippen molar-refractivity contribution in [3.05, 3.63) is 41.6 Å². The van der Waals surface area contributed by atoms with Crippen molar-refractivity contribution in [1.29, 1.82) is 0 Å². The van der Waals surface area contributed by atoms with E-state index in [9.17, 15) is 13.6 Å². The van der Waals surface area contributed by atoms with Crippen molar-refractivity contribution in [3.63, 3.8) is 0 Å². The number of pyridine rings is 1. The number of methoxy groups -OCH3 is 1. The zero-order valence-corrected chi connectivity index (χ0v) is 8.98. The highest BCUT2D eigenvalue weighted by Gasteiger charge is 2.13. The molecule has 0 unspecified atom stereocenters. The molecule has 0 saturated carbocycles. The summed E-state index contributed by atoms with van der Waals surface area (Å²) in [5.41, 5.74) is 0.577. The van der Waals surface area contributed by atoms with Crippen LogP contribution in [0.25, 0.3) is 10.9 Å². The first-order valence-electron chi connectivity index (χ1n) is 4.88. The molecule has 0 aliphatic heterocycles. The van der Waals surface area contributed by atoms with E-state index >= 15 is 0 Å². The summed E-state index contributed by atoms with van der Waals surface area (Å²) in [5.74, 6) is -0.566. The van der Waals surface area contributed by atoms with E-state index in [1.54, 1.807) is 0 Å². The van der Waals surface area contributed by atoms with Crippen molar-refractivity contribution in [2.24, 2.45) is 0 Å². The monoisotopic (exact) mass is 237 g/mol. The summed E-state index contributed by atoms with van der Waals surface area (Å²) in [7, 11) is 1.24. The number of hydrogen-bond acceptors (Lipinski definition) is 3. The molecule has 0 atom stereocenters. The molecule has 2 rings (SSSR count). The van der Waals surface area contributed by atoms with Crippen LogP contribution in [0.15, 0.2) is 30.5 Å². The standard InChI is InChI=1S/C12H9F2NO2/c1-17-12(16)8-4-5-15-10-3-2-7(11(13)14)6-9(8)10/h2-6,11H,1H3. The zero-order chi connectivity index (χ0) is 12.4. The SMILES string of the molecule is COC(=O)c1ccnc2ccc(C(F)F)cc12. The fourth-order valence-corrected chi connectivity index (χ4v) is 1.59. The largest absolute Gasteiger partial charge is 0.465 e. The van der Waals surface area contributed by atoms with Crippen LogP contribution in [0.5, 0.6) is 0 Å². The maximum atomic E-state index is 12.6. The molecule has 0 bridgehead atoms. The fraction of sp³-hybridized carbons (Fsp3) is 0.167. The molecule has 0 radical (unpaired) electrons. The van der Waals surface area contributed by atoms with Crippen molar-refractivity contribution in [3.8, 4) is 0 Å². The lowest BCUT2D eigenvalue weighted by Gasteiger charge is -2.06. The molecule has 0 aliphatic rings. The summed E-state index contributed by atoms with van der Waals surface area (Å²) >= 11 is 0. The highest BCUT2D eigenvalue weighted by atomic mass is 19.3. The van der Waals surface area contributed by atoms with Gasteiger partial charge in [-0.1, -0.05) is 6.07 Å². The van der Waals surface area contributed by atoms with Crippen LogP contribution in [0.3, 0.4) is 0 Å². The molecule has 5 heteroatoms. The molecule has 1 aromatic heterocycles. The third-order valence-corrected chi connectivity index (χ3v) is 2.42. The van der Waals surface area contributed by atoms with Gasteiger partial charge < -0.3 is 4.74 Å². The number of ether oxygens (including phenoxy) is 1. The minimum Gasteiger partial charge on any atom is -0.465 e. The molecule has 0 spiro atoms. The molecule has 0 aliphatic carbocycles. The molecular weight excluding hydrogens is 228 g/mol. The number of alkyl halides is 2. The van der Waals surface area contributed by atoms with Crippen LogP contribution in [0.2, 0.25) is 0 Å². The number of halogens is 2. The Balaban J connectivity index is 2.68.